The van der Waals surface area contributed by atoms with Crippen molar-refractivity contribution in [2.24, 2.45) is 0 Å². The number of fused-ring (bicyclic) bond motifs is 3. The van der Waals surface area contributed by atoms with Crippen LogP contribution in [0.3, 0.4) is 0 Å². The number of ether oxygens (including phenoxy) is 1. The number of nitrogens with one attached hydrogen (secondary N) is 1. The second-order valence-electron chi connectivity index (χ2n) is 12.4. The SMILES string of the molecule is CN(C)c1ccnc(CN(CCCC[C@H](NC(=O)OCC2c3ccccc3-c3ccccc32)C(=O)O)Cc2cc(N(C)C)ccn2)c1. The van der Waals surface area contributed by atoms with Crippen LogP contribution < -0.4 is 15.1 Å². The molecule has 5 rings (SSSR count). The molecule has 10 heteroatoms. The van der Waals surface area contributed by atoms with Gasteiger partial charge in [0.05, 0.1) is 11.4 Å². The van der Waals surface area contributed by atoms with Crippen LogP contribution in [0, 0.1) is 0 Å². The van der Waals surface area contributed by atoms with Crippen LogP contribution in [-0.4, -0.2) is 79.4 Å². The molecular formula is C37H44N6O4. The summed E-state index contributed by atoms with van der Waals surface area (Å²) in [7, 11) is 8.01. The molecule has 0 spiro atoms. The highest BCUT2D eigenvalue weighted by Gasteiger charge is 2.29. The van der Waals surface area contributed by atoms with Crippen molar-refractivity contribution in [2.75, 3.05) is 51.1 Å². The van der Waals surface area contributed by atoms with Crippen molar-refractivity contribution in [3.8, 4) is 11.1 Å². The lowest BCUT2D eigenvalue weighted by Crippen LogP contribution is -2.41. The lowest BCUT2D eigenvalue weighted by molar-refractivity contribution is -0.139. The molecule has 0 unspecified atom stereocenters. The molecule has 246 valence electrons. The summed E-state index contributed by atoms with van der Waals surface area (Å²) in [5, 5.41) is 12.5. The Hall–Kier alpha value is -4.96. The van der Waals surface area contributed by atoms with E-state index < -0.39 is 18.1 Å². The van der Waals surface area contributed by atoms with Crippen LogP contribution in [0.25, 0.3) is 11.1 Å². The number of benzene rings is 2. The highest BCUT2D eigenvalue weighted by Crippen LogP contribution is 2.44. The zero-order valence-corrected chi connectivity index (χ0v) is 27.6. The summed E-state index contributed by atoms with van der Waals surface area (Å²) >= 11 is 0. The number of carboxylic acids is 1. The maximum atomic E-state index is 12.8. The predicted molar refractivity (Wildman–Crippen MR) is 185 cm³/mol. The molecule has 10 nitrogen and oxygen atoms in total. The monoisotopic (exact) mass is 636 g/mol. The second-order valence-corrected chi connectivity index (χ2v) is 12.4. The molecule has 2 N–H and O–H groups in total. The number of carboxylic acid groups (broad SMARTS) is 1. The standard InChI is InChI=1S/C37H44N6O4/c1-41(2)28-16-18-38-26(21-28)23-43(24-27-22-29(42(3)4)17-19-39-27)20-10-9-15-35(36(44)45)40-37(46)47-25-34-32-13-7-5-11-30(32)31-12-6-8-14-33(31)34/h5-8,11-14,16-19,21-22,34-35H,9-10,15,20,23-25H2,1-4H3,(H,40,46)(H,44,45)/t35-/m0/s1. The van der Waals surface area contributed by atoms with Crippen molar-refractivity contribution < 1.29 is 19.4 Å². The third-order valence-corrected chi connectivity index (χ3v) is 8.56. The molecule has 0 saturated heterocycles. The molecular weight excluding hydrogens is 592 g/mol. The topological polar surface area (TPSA) is 111 Å². The van der Waals surface area contributed by atoms with Gasteiger partial charge in [-0.2, -0.15) is 0 Å². The van der Waals surface area contributed by atoms with Crippen LogP contribution in [-0.2, 0) is 22.6 Å². The van der Waals surface area contributed by atoms with E-state index >= 15 is 0 Å². The van der Waals surface area contributed by atoms with Crippen molar-refractivity contribution in [1.82, 2.24) is 20.2 Å². The maximum absolute atomic E-state index is 12.8. The number of unbranched alkanes of at least 4 members (excludes halogenated alkanes) is 1. The molecule has 0 bridgehead atoms. The van der Waals surface area contributed by atoms with E-state index in [1.54, 1.807) is 0 Å². The largest absolute Gasteiger partial charge is 0.480 e. The van der Waals surface area contributed by atoms with E-state index in [1.165, 1.54) is 0 Å². The molecule has 0 radical (unpaired) electrons. The molecule has 4 aromatic rings. The first-order chi connectivity index (χ1) is 22.7. The first-order valence-corrected chi connectivity index (χ1v) is 16.0. The summed E-state index contributed by atoms with van der Waals surface area (Å²) in [6.07, 6.45) is 4.54. The fourth-order valence-corrected chi connectivity index (χ4v) is 6.06. The number of amides is 1. The average molecular weight is 637 g/mol. The van der Waals surface area contributed by atoms with Gasteiger partial charge >= 0.3 is 12.1 Å². The smallest absolute Gasteiger partial charge is 0.407 e. The quantitative estimate of drug-likeness (QED) is 0.157. The minimum Gasteiger partial charge on any atom is -0.480 e. The lowest BCUT2D eigenvalue weighted by atomic mass is 9.98. The fraction of sp³-hybridized carbons (Fsp3) is 0.351. The van der Waals surface area contributed by atoms with Gasteiger partial charge < -0.3 is 25.0 Å². The van der Waals surface area contributed by atoms with E-state index in [1.807, 2.05) is 86.8 Å². The number of aromatic nitrogens is 2. The Morgan fingerprint density at radius 2 is 1.34 bits per heavy atom. The van der Waals surface area contributed by atoms with E-state index in [2.05, 4.69) is 56.6 Å². The van der Waals surface area contributed by atoms with Crippen LogP contribution in [0.15, 0.2) is 85.2 Å². The summed E-state index contributed by atoms with van der Waals surface area (Å²) in [4.78, 5) is 40.5. The normalized spacial score (nSPS) is 12.7. The summed E-state index contributed by atoms with van der Waals surface area (Å²) in [5.41, 5.74) is 8.52. The Bertz CT molecular complexity index is 1580. The Kier molecular flexibility index (Phi) is 11.1. The van der Waals surface area contributed by atoms with Gasteiger partial charge in [0.25, 0.3) is 0 Å². The van der Waals surface area contributed by atoms with Gasteiger partial charge in [0.1, 0.15) is 12.6 Å². The van der Waals surface area contributed by atoms with Crippen molar-refractivity contribution in [3.05, 3.63) is 108 Å². The summed E-state index contributed by atoms with van der Waals surface area (Å²) in [6, 6.07) is 23.3. The lowest BCUT2D eigenvalue weighted by Gasteiger charge is -2.23. The number of anilines is 2. The number of alkyl carbamates (subject to hydrolysis) is 1. The number of hydrogen-bond donors (Lipinski definition) is 2. The zero-order chi connectivity index (χ0) is 33.3. The Balaban J connectivity index is 1.16. The zero-order valence-electron chi connectivity index (χ0n) is 27.6. The molecule has 0 saturated carbocycles. The molecule has 0 aliphatic heterocycles. The summed E-state index contributed by atoms with van der Waals surface area (Å²) in [5.74, 6) is -1.17. The van der Waals surface area contributed by atoms with Gasteiger partial charge in [-0.1, -0.05) is 48.5 Å². The van der Waals surface area contributed by atoms with Gasteiger partial charge in [0.2, 0.25) is 0 Å². The third-order valence-electron chi connectivity index (χ3n) is 8.56. The van der Waals surface area contributed by atoms with Gasteiger partial charge in [0.15, 0.2) is 0 Å². The molecule has 2 aromatic carbocycles. The summed E-state index contributed by atoms with van der Waals surface area (Å²) < 4.78 is 5.61. The van der Waals surface area contributed by atoms with E-state index in [-0.39, 0.29) is 18.9 Å². The van der Waals surface area contributed by atoms with Crippen molar-refractivity contribution in [2.45, 2.75) is 44.3 Å². The summed E-state index contributed by atoms with van der Waals surface area (Å²) in [6.45, 7) is 2.08. The van der Waals surface area contributed by atoms with Gasteiger partial charge in [-0.3, -0.25) is 14.9 Å². The number of carbonyl (C=O) groups excluding carboxylic acids is 1. The second kappa shape index (κ2) is 15.6. The highest BCUT2D eigenvalue weighted by molar-refractivity contribution is 5.81. The number of carbonyl (C=O) groups is 2. The first kappa shape index (κ1) is 33.4. The molecule has 1 aliphatic carbocycles. The van der Waals surface area contributed by atoms with E-state index in [4.69, 9.17) is 4.74 Å². The van der Waals surface area contributed by atoms with Crippen LogP contribution in [0.4, 0.5) is 16.2 Å². The maximum Gasteiger partial charge on any atom is 0.407 e. The minimum atomic E-state index is -1.08. The van der Waals surface area contributed by atoms with Gasteiger partial charge in [-0.25, -0.2) is 9.59 Å². The minimum absolute atomic E-state index is 0.0942. The van der Waals surface area contributed by atoms with Crippen molar-refractivity contribution >= 4 is 23.4 Å². The molecule has 2 heterocycles. The number of hydrogen-bond acceptors (Lipinski definition) is 8. The van der Waals surface area contributed by atoms with Crippen LogP contribution in [0.2, 0.25) is 0 Å². The van der Waals surface area contributed by atoms with Crippen molar-refractivity contribution in [1.29, 1.82) is 0 Å². The molecule has 1 atom stereocenters. The first-order valence-electron chi connectivity index (χ1n) is 16.0. The molecule has 0 fully saturated rings. The van der Waals surface area contributed by atoms with E-state index in [9.17, 15) is 14.7 Å². The third kappa shape index (κ3) is 8.65. The average Bonchev–Trinajstić information content (AvgIpc) is 3.38. The molecule has 1 aliphatic rings. The van der Waals surface area contributed by atoms with Crippen LogP contribution >= 0.6 is 0 Å². The Labute approximate surface area is 277 Å². The van der Waals surface area contributed by atoms with Crippen LogP contribution in [0.5, 0.6) is 0 Å². The number of nitrogens with zero attached hydrogens (tertiary/aromatic N) is 5. The predicted octanol–water partition coefficient (Wildman–Crippen LogP) is 5.77. The fourth-order valence-electron chi connectivity index (χ4n) is 6.06. The van der Waals surface area contributed by atoms with Gasteiger partial charge in [-0.05, 0) is 72.3 Å². The molecule has 2 aromatic heterocycles. The number of aliphatic carboxylic acids is 1. The Morgan fingerprint density at radius 3 is 1.85 bits per heavy atom. The van der Waals surface area contributed by atoms with Crippen molar-refractivity contribution in [3.63, 3.8) is 0 Å². The van der Waals surface area contributed by atoms with E-state index in [0.717, 1.165) is 51.4 Å². The van der Waals surface area contributed by atoms with Gasteiger partial charge in [0, 0.05) is 71.0 Å². The van der Waals surface area contributed by atoms with Gasteiger partial charge in [-0.15, -0.1) is 0 Å². The Morgan fingerprint density at radius 1 is 0.809 bits per heavy atom. The number of rotatable bonds is 15. The van der Waals surface area contributed by atoms with Crippen LogP contribution in [0.1, 0.15) is 47.7 Å². The molecule has 47 heavy (non-hydrogen) atoms. The molecule has 1 amide bonds. The highest BCUT2D eigenvalue weighted by atomic mass is 16.5. The van der Waals surface area contributed by atoms with E-state index in [0.29, 0.717) is 26.1 Å². The number of pyridine rings is 2.